The molecule has 0 saturated heterocycles. The Hall–Kier alpha value is -2.75. The molecular formula is C24H27N3O. The van der Waals surface area contributed by atoms with Crippen molar-refractivity contribution in [2.24, 2.45) is 13.0 Å². The number of hydrogen-bond acceptors (Lipinski definition) is 1. The maximum absolute atomic E-state index is 13.4. The summed E-state index contributed by atoms with van der Waals surface area (Å²) >= 11 is 0. The first-order valence-corrected chi connectivity index (χ1v) is 10.3. The molecule has 0 unspecified atom stereocenters. The van der Waals surface area contributed by atoms with Gasteiger partial charge in [-0.3, -0.25) is 9.13 Å². The quantitative estimate of drug-likeness (QED) is 0.504. The molecule has 0 spiro atoms. The van der Waals surface area contributed by atoms with Crippen LogP contribution >= 0.6 is 0 Å². The maximum atomic E-state index is 13.4. The van der Waals surface area contributed by atoms with Crippen LogP contribution in [0.4, 0.5) is 0 Å². The fourth-order valence-corrected chi connectivity index (χ4v) is 5.07. The topological polar surface area (TPSA) is 31.9 Å². The second-order valence-electron chi connectivity index (χ2n) is 8.35. The van der Waals surface area contributed by atoms with Gasteiger partial charge in [-0.1, -0.05) is 37.1 Å². The summed E-state index contributed by atoms with van der Waals surface area (Å²) in [5.41, 5.74) is 5.92. The van der Waals surface area contributed by atoms with Crippen molar-refractivity contribution >= 4 is 21.9 Å². The van der Waals surface area contributed by atoms with E-state index in [0.29, 0.717) is 12.5 Å². The van der Waals surface area contributed by atoms with Crippen molar-refractivity contribution in [1.29, 1.82) is 0 Å². The van der Waals surface area contributed by atoms with Crippen LogP contribution in [0.2, 0.25) is 0 Å². The first kappa shape index (κ1) is 17.4. The average Bonchev–Trinajstić information content (AvgIpc) is 3.38. The SMILES string of the molecule is Cc1cccc2c1c(Cn1c(=O)n(CC3CCCC3)c3ccccc31)cn2C. The van der Waals surface area contributed by atoms with Gasteiger partial charge in [0.05, 0.1) is 17.6 Å². The lowest BCUT2D eigenvalue weighted by molar-refractivity contribution is 0.452. The van der Waals surface area contributed by atoms with Crippen LogP contribution in [0.3, 0.4) is 0 Å². The Morgan fingerprint density at radius 3 is 2.36 bits per heavy atom. The molecule has 2 heterocycles. The monoisotopic (exact) mass is 373 g/mol. The fraction of sp³-hybridized carbons (Fsp3) is 0.375. The zero-order chi connectivity index (χ0) is 19.3. The maximum Gasteiger partial charge on any atom is 0.329 e. The van der Waals surface area contributed by atoms with Crippen LogP contribution in [-0.4, -0.2) is 13.7 Å². The van der Waals surface area contributed by atoms with E-state index in [1.807, 2.05) is 21.3 Å². The molecular weight excluding hydrogens is 346 g/mol. The van der Waals surface area contributed by atoms with Gasteiger partial charge >= 0.3 is 5.69 Å². The molecule has 0 amide bonds. The number of aromatic nitrogens is 3. The predicted molar refractivity (Wildman–Crippen MR) is 115 cm³/mol. The summed E-state index contributed by atoms with van der Waals surface area (Å²) in [5.74, 6) is 0.636. The highest BCUT2D eigenvalue weighted by Gasteiger charge is 2.21. The molecule has 1 aliphatic rings. The summed E-state index contributed by atoms with van der Waals surface area (Å²) in [4.78, 5) is 13.4. The molecule has 144 valence electrons. The molecule has 0 bridgehead atoms. The minimum Gasteiger partial charge on any atom is -0.350 e. The normalized spacial score (nSPS) is 15.2. The van der Waals surface area contributed by atoms with Crippen LogP contribution in [0.25, 0.3) is 21.9 Å². The van der Waals surface area contributed by atoms with Crippen molar-refractivity contribution in [3.8, 4) is 0 Å². The number of rotatable bonds is 4. The van der Waals surface area contributed by atoms with E-state index in [1.165, 1.54) is 47.7 Å². The van der Waals surface area contributed by atoms with E-state index >= 15 is 0 Å². The zero-order valence-corrected chi connectivity index (χ0v) is 16.7. The van der Waals surface area contributed by atoms with E-state index in [9.17, 15) is 4.79 Å². The third-order valence-electron chi connectivity index (χ3n) is 6.47. The lowest BCUT2D eigenvalue weighted by Gasteiger charge is -2.09. The van der Waals surface area contributed by atoms with Crippen molar-refractivity contribution < 1.29 is 0 Å². The van der Waals surface area contributed by atoms with Crippen LogP contribution in [0.5, 0.6) is 0 Å². The van der Waals surface area contributed by atoms with Gasteiger partial charge in [0.25, 0.3) is 0 Å². The van der Waals surface area contributed by atoms with E-state index < -0.39 is 0 Å². The highest BCUT2D eigenvalue weighted by molar-refractivity contribution is 5.87. The van der Waals surface area contributed by atoms with Crippen molar-refractivity contribution in [2.45, 2.75) is 45.7 Å². The third-order valence-corrected chi connectivity index (χ3v) is 6.47. The zero-order valence-electron chi connectivity index (χ0n) is 16.7. The average molecular weight is 374 g/mol. The Morgan fingerprint density at radius 1 is 0.929 bits per heavy atom. The van der Waals surface area contributed by atoms with Crippen molar-refractivity contribution in [3.63, 3.8) is 0 Å². The number of imidazole rings is 1. The molecule has 4 heteroatoms. The van der Waals surface area contributed by atoms with Gasteiger partial charge < -0.3 is 4.57 Å². The van der Waals surface area contributed by atoms with E-state index in [0.717, 1.165) is 17.6 Å². The molecule has 2 aromatic carbocycles. The highest BCUT2D eigenvalue weighted by Crippen LogP contribution is 2.28. The Morgan fingerprint density at radius 2 is 1.61 bits per heavy atom. The molecule has 28 heavy (non-hydrogen) atoms. The number of benzene rings is 2. The lowest BCUT2D eigenvalue weighted by Crippen LogP contribution is -2.26. The van der Waals surface area contributed by atoms with E-state index in [1.54, 1.807) is 0 Å². The molecule has 0 radical (unpaired) electrons. The third kappa shape index (κ3) is 2.70. The highest BCUT2D eigenvalue weighted by atomic mass is 16.1. The van der Waals surface area contributed by atoms with E-state index in [-0.39, 0.29) is 5.69 Å². The molecule has 2 aromatic heterocycles. The van der Waals surface area contributed by atoms with Crippen LogP contribution in [0, 0.1) is 12.8 Å². The smallest absolute Gasteiger partial charge is 0.329 e. The largest absolute Gasteiger partial charge is 0.350 e. The van der Waals surface area contributed by atoms with Gasteiger partial charge in [-0.15, -0.1) is 0 Å². The summed E-state index contributed by atoms with van der Waals surface area (Å²) in [6.07, 6.45) is 7.26. The number of para-hydroxylation sites is 2. The summed E-state index contributed by atoms with van der Waals surface area (Å²) in [5, 5.41) is 1.27. The second-order valence-corrected chi connectivity index (χ2v) is 8.35. The summed E-state index contributed by atoms with van der Waals surface area (Å²) in [6, 6.07) is 14.7. The van der Waals surface area contributed by atoms with E-state index in [2.05, 4.69) is 55.1 Å². The van der Waals surface area contributed by atoms with Crippen LogP contribution in [0.1, 0.15) is 36.8 Å². The Kier molecular flexibility index (Phi) is 4.15. The number of aryl methyl sites for hydroxylation is 2. The summed E-state index contributed by atoms with van der Waals surface area (Å²) in [7, 11) is 2.08. The standard InChI is InChI=1S/C24H27N3O/c1-17-8-7-13-22-23(17)19(15-25(22)2)16-27-21-12-6-5-11-20(21)26(24(27)28)14-18-9-3-4-10-18/h5-8,11-13,15,18H,3-4,9-10,14,16H2,1-2H3. The number of nitrogens with zero attached hydrogens (tertiary/aromatic N) is 3. The predicted octanol–water partition coefficient (Wildman–Crippen LogP) is 4.84. The molecule has 1 fully saturated rings. The Labute approximate surface area is 165 Å². The van der Waals surface area contributed by atoms with Crippen molar-refractivity contribution in [2.75, 3.05) is 0 Å². The Bertz CT molecular complexity index is 1220. The van der Waals surface area contributed by atoms with Crippen LogP contribution < -0.4 is 5.69 Å². The molecule has 1 saturated carbocycles. The minimum atomic E-state index is 0.124. The van der Waals surface area contributed by atoms with Crippen LogP contribution in [0.15, 0.2) is 53.5 Å². The molecule has 0 aliphatic heterocycles. The Balaban J connectivity index is 1.64. The first-order chi connectivity index (χ1) is 13.6. The van der Waals surface area contributed by atoms with Gasteiger partial charge in [0.1, 0.15) is 0 Å². The van der Waals surface area contributed by atoms with Gasteiger partial charge in [-0.2, -0.15) is 0 Å². The van der Waals surface area contributed by atoms with Crippen LogP contribution in [-0.2, 0) is 20.1 Å². The summed E-state index contributed by atoms with van der Waals surface area (Å²) in [6.45, 7) is 3.61. The van der Waals surface area contributed by atoms with E-state index in [4.69, 9.17) is 0 Å². The van der Waals surface area contributed by atoms with Gasteiger partial charge in [-0.25, -0.2) is 4.79 Å². The number of fused-ring (bicyclic) bond motifs is 2. The van der Waals surface area contributed by atoms with Gasteiger partial charge in [0, 0.05) is 30.7 Å². The minimum absolute atomic E-state index is 0.124. The second kappa shape index (κ2) is 6.69. The molecule has 5 rings (SSSR count). The molecule has 0 atom stereocenters. The fourth-order valence-electron chi connectivity index (χ4n) is 5.07. The summed E-state index contributed by atoms with van der Waals surface area (Å²) < 4.78 is 6.15. The van der Waals surface area contributed by atoms with Crippen molar-refractivity contribution in [1.82, 2.24) is 13.7 Å². The van der Waals surface area contributed by atoms with Gasteiger partial charge in [0.15, 0.2) is 0 Å². The van der Waals surface area contributed by atoms with Gasteiger partial charge in [0.2, 0.25) is 0 Å². The molecule has 0 N–H and O–H groups in total. The first-order valence-electron chi connectivity index (χ1n) is 10.3. The lowest BCUT2D eigenvalue weighted by atomic mass is 10.1. The number of hydrogen-bond donors (Lipinski definition) is 0. The molecule has 4 nitrogen and oxygen atoms in total. The molecule has 4 aromatic rings. The molecule has 1 aliphatic carbocycles. The van der Waals surface area contributed by atoms with Gasteiger partial charge in [-0.05, 0) is 55.0 Å². The van der Waals surface area contributed by atoms with Crippen molar-refractivity contribution in [3.05, 3.63) is 70.3 Å².